The molecule has 3 heteroatoms. The summed E-state index contributed by atoms with van der Waals surface area (Å²) in [6.07, 6.45) is 0.782. The van der Waals surface area contributed by atoms with Crippen LogP contribution in [0.1, 0.15) is 24.1 Å². The van der Waals surface area contributed by atoms with Crippen molar-refractivity contribution in [2.45, 2.75) is 19.4 Å². The average Bonchev–Trinajstić information content (AvgIpc) is 2.17. The molecule has 0 aliphatic carbocycles. The predicted molar refractivity (Wildman–Crippen MR) is 54.6 cm³/mol. The highest BCUT2D eigenvalue weighted by atomic mass is 19.1. The first-order chi connectivity index (χ1) is 6.69. The van der Waals surface area contributed by atoms with E-state index in [1.165, 1.54) is 12.1 Å². The minimum absolute atomic E-state index is 0.171. The quantitative estimate of drug-likeness (QED) is 0.801. The Bertz CT molecular complexity index is 301. The van der Waals surface area contributed by atoms with Gasteiger partial charge in [-0.15, -0.1) is 0 Å². The second-order valence-electron chi connectivity index (χ2n) is 3.26. The summed E-state index contributed by atoms with van der Waals surface area (Å²) in [6.45, 7) is 2.44. The van der Waals surface area contributed by atoms with Crippen molar-refractivity contribution in [1.82, 2.24) is 0 Å². The molecule has 14 heavy (non-hydrogen) atoms. The van der Waals surface area contributed by atoms with Crippen LogP contribution in [-0.4, -0.2) is 13.7 Å². The van der Waals surface area contributed by atoms with Crippen LogP contribution < -0.4 is 5.73 Å². The average molecular weight is 197 g/mol. The highest BCUT2D eigenvalue weighted by Gasteiger charge is 2.10. The molecule has 1 atom stereocenters. The fraction of sp³-hybridized carbons (Fsp3) is 0.455. The van der Waals surface area contributed by atoms with Crippen molar-refractivity contribution in [3.8, 4) is 0 Å². The monoisotopic (exact) mass is 197 g/mol. The van der Waals surface area contributed by atoms with E-state index in [0.29, 0.717) is 6.61 Å². The number of nitrogens with two attached hydrogens (primary N) is 1. The minimum atomic E-state index is -0.213. The Morgan fingerprint density at radius 1 is 1.50 bits per heavy atom. The molecule has 1 rings (SSSR count). The van der Waals surface area contributed by atoms with E-state index < -0.39 is 0 Å². The Hall–Kier alpha value is -0.930. The van der Waals surface area contributed by atoms with Gasteiger partial charge in [0.05, 0.1) is 12.6 Å². The van der Waals surface area contributed by atoms with Crippen molar-refractivity contribution in [3.63, 3.8) is 0 Å². The molecule has 0 aliphatic heterocycles. The van der Waals surface area contributed by atoms with E-state index in [4.69, 9.17) is 10.5 Å². The van der Waals surface area contributed by atoms with Crippen LogP contribution in [0.4, 0.5) is 4.39 Å². The van der Waals surface area contributed by atoms with Crippen LogP contribution in [-0.2, 0) is 11.2 Å². The molecule has 0 radical (unpaired) electrons. The van der Waals surface area contributed by atoms with Gasteiger partial charge < -0.3 is 10.5 Å². The zero-order valence-corrected chi connectivity index (χ0v) is 8.59. The molecule has 1 aromatic carbocycles. The molecule has 78 valence electrons. The second kappa shape index (κ2) is 5.08. The van der Waals surface area contributed by atoms with Crippen molar-refractivity contribution >= 4 is 0 Å². The molecule has 0 fully saturated rings. The van der Waals surface area contributed by atoms with Gasteiger partial charge in [0, 0.05) is 7.11 Å². The molecule has 1 aromatic rings. The highest BCUT2D eigenvalue weighted by molar-refractivity contribution is 5.30. The lowest BCUT2D eigenvalue weighted by Gasteiger charge is -2.14. The molecular formula is C11H16FNO. The van der Waals surface area contributed by atoms with Gasteiger partial charge in [0.25, 0.3) is 0 Å². The summed E-state index contributed by atoms with van der Waals surface area (Å²) < 4.78 is 17.9. The van der Waals surface area contributed by atoms with Gasteiger partial charge in [0.2, 0.25) is 0 Å². The molecule has 0 spiro atoms. The molecule has 2 N–H and O–H groups in total. The van der Waals surface area contributed by atoms with Gasteiger partial charge in [-0.05, 0) is 29.7 Å². The van der Waals surface area contributed by atoms with Crippen molar-refractivity contribution in [2.75, 3.05) is 13.7 Å². The van der Waals surface area contributed by atoms with Crippen LogP contribution in [0.25, 0.3) is 0 Å². The van der Waals surface area contributed by atoms with Gasteiger partial charge in [-0.3, -0.25) is 0 Å². The molecular weight excluding hydrogens is 181 g/mol. The number of ether oxygens (including phenoxy) is 1. The number of methoxy groups -OCH3 is 1. The third kappa shape index (κ3) is 2.53. The van der Waals surface area contributed by atoms with Gasteiger partial charge >= 0.3 is 0 Å². The van der Waals surface area contributed by atoms with E-state index in [-0.39, 0.29) is 11.9 Å². The fourth-order valence-electron chi connectivity index (χ4n) is 1.51. The molecule has 0 aromatic heterocycles. The third-order valence-electron chi connectivity index (χ3n) is 2.23. The molecule has 0 saturated heterocycles. The van der Waals surface area contributed by atoms with Crippen LogP contribution in [0.2, 0.25) is 0 Å². The zero-order valence-electron chi connectivity index (χ0n) is 8.59. The molecule has 0 bridgehead atoms. The van der Waals surface area contributed by atoms with Gasteiger partial charge in [-0.2, -0.15) is 0 Å². The second-order valence-corrected chi connectivity index (χ2v) is 3.26. The van der Waals surface area contributed by atoms with Gasteiger partial charge in [-0.1, -0.05) is 13.0 Å². The summed E-state index contributed by atoms with van der Waals surface area (Å²) in [4.78, 5) is 0. The first kappa shape index (κ1) is 11.1. The third-order valence-corrected chi connectivity index (χ3v) is 2.23. The lowest BCUT2D eigenvalue weighted by molar-refractivity contribution is 0.180. The summed E-state index contributed by atoms with van der Waals surface area (Å²) >= 11 is 0. The lowest BCUT2D eigenvalue weighted by Crippen LogP contribution is -2.17. The predicted octanol–water partition coefficient (Wildman–Crippen LogP) is 2.03. The Morgan fingerprint density at radius 2 is 2.21 bits per heavy atom. The van der Waals surface area contributed by atoms with E-state index in [1.807, 2.05) is 6.92 Å². The van der Waals surface area contributed by atoms with Gasteiger partial charge in [0.1, 0.15) is 5.82 Å². The normalized spacial score (nSPS) is 12.9. The standard InChI is InChI=1S/C11H16FNO/c1-3-8-6-9(12)4-5-10(8)11(13)7-14-2/h4-6,11H,3,7,13H2,1-2H3/t11-/m0/s1. The first-order valence-electron chi connectivity index (χ1n) is 4.71. The van der Waals surface area contributed by atoms with Crippen LogP contribution in [0, 0.1) is 5.82 Å². The number of rotatable bonds is 4. The molecule has 2 nitrogen and oxygen atoms in total. The van der Waals surface area contributed by atoms with Crippen LogP contribution >= 0.6 is 0 Å². The van der Waals surface area contributed by atoms with Gasteiger partial charge in [-0.25, -0.2) is 4.39 Å². The van der Waals surface area contributed by atoms with E-state index in [0.717, 1.165) is 17.5 Å². The maximum atomic E-state index is 12.9. The first-order valence-corrected chi connectivity index (χ1v) is 4.71. The van der Waals surface area contributed by atoms with Crippen molar-refractivity contribution < 1.29 is 9.13 Å². The van der Waals surface area contributed by atoms with Gasteiger partial charge in [0.15, 0.2) is 0 Å². The summed E-state index contributed by atoms with van der Waals surface area (Å²) in [7, 11) is 1.61. The summed E-state index contributed by atoms with van der Waals surface area (Å²) in [5.74, 6) is -0.213. The summed E-state index contributed by atoms with van der Waals surface area (Å²) in [5, 5.41) is 0. The Balaban J connectivity index is 2.95. The Labute approximate surface area is 83.9 Å². The van der Waals surface area contributed by atoms with Crippen LogP contribution in [0.3, 0.4) is 0 Å². The van der Waals surface area contributed by atoms with Crippen molar-refractivity contribution in [1.29, 1.82) is 0 Å². The Kier molecular flexibility index (Phi) is 4.04. The SMILES string of the molecule is CCc1cc(F)ccc1[C@@H](N)COC. The highest BCUT2D eigenvalue weighted by Crippen LogP contribution is 2.18. The summed E-state index contributed by atoms with van der Waals surface area (Å²) in [5.41, 5.74) is 7.81. The minimum Gasteiger partial charge on any atom is -0.383 e. The lowest BCUT2D eigenvalue weighted by atomic mass is 9.99. The van der Waals surface area contributed by atoms with E-state index in [1.54, 1.807) is 13.2 Å². The molecule has 0 heterocycles. The molecule has 0 aliphatic rings. The van der Waals surface area contributed by atoms with E-state index >= 15 is 0 Å². The fourth-order valence-corrected chi connectivity index (χ4v) is 1.51. The number of aryl methyl sites for hydroxylation is 1. The number of benzene rings is 1. The summed E-state index contributed by atoms with van der Waals surface area (Å²) in [6, 6.07) is 4.53. The van der Waals surface area contributed by atoms with E-state index in [2.05, 4.69) is 0 Å². The van der Waals surface area contributed by atoms with E-state index in [9.17, 15) is 4.39 Å². The number of halogens is 1. The molecule has 0 amide bonds. The number of hydrogen-bond donors (Lipinski definition) is 1. The zero-order chi connectivity index (χ0) is 10.6. The Morgan fingerprint density at radius 3 is 2.79 bits per heavy atom. The van der Waals surface area contributed by atoms with Crippen LogP contribution in [0.5, 0.6) is 0 Å². The maximum absolute atomic E-state index is 12.9. The van der Waals surface area contributed by atoms with Crippen molar-refractivity contribution in [3.05, 3.63) is 35.1 Å². The number of hydrogen-bond acceptors (Lipinski definition) is 2. The maximum Gasteiger partial charge on any atom is 0.123 e. The largest absolute Gasteiger partial charge is 0.383 e. The van der Waals surface area contributed by atoms with Crippen LogP contribution in [0.15, 0.2) is 18.2 Å². The topological polar surface area (TPSA) is 35.2 Å². The molecule has 0 saturated carbocycles. The smallest absolute Gasteiger partial charge is 0.123 e. The van der Waals surface area contributed by atoms with Crippen molar-refractivity contribution in [2.24, 2.45) is 5.73 Å². The molecule has 0 unspecified atom stereocenters.